The van der Waals surface area contributed by atoms with Crippen molar-refractivity contribution in [2.75, 3.05) is 6.54 Å². The molecule has 8 heteroatoms. The number of rotatable bonds is 13. The van der Waals surface area contributed by atoms with Gasteiger partial charge in [0, 0.05) is 25.2 Å². The Bertz CT molecular complexity index is 2070. The van der Waals surface area contributed by atoms with Crippen LogP contribution in [0.5, 0.6) is 23.0 Å². The first kappa shape index (κ1) is 34.2. The van der Waals surface area contributed by atoms with E-state index < -0.39 is 11.9 Å². The molecular formula is C43H36N2O6. The van der Waals surface area contributed by atoms with Gasteiger partial charge in [0.2, 0.25) is 0 Å². The van der Waals surface area contributed by atoms with Crippen LogP contribution >= 0.6 is 0 Å². The fraction of sp³-hybridized carbons (Fsp3) is 0.0930. The number of aliphatic carboxylic acids is 1. The molecule has 0 unspecified atom stereocenters. The summed E-state index contributed by atoms with van der Waals surface area (Å²) in [5.41, 5.74) is 5.01. The van der Waals surface area contributed by atoms with E-state index in [0.717, 1.165) is 39.3 Å². The first-order chi connectivity index (χ1) is 24.9. The van der Waals surface area contributed by atoms with E-state index in [1.165, 1.54) is 4.90 Å². The smallest absolute Gasteiger partial charge is 0.394 e. The van der Waals surface area contributed by atoms with E-state index >= 15 is 0 Å². The van der Waals surface area contributed by atoms with Crippen LogP contribution in [0.25, 0.3) is 11.1 Å². The molecule has 0 atom stereocenters. The second-order valence-corrected chi connectivity index (χ2v) is 11.9. The molecule has 6 aromatic carbocycles. The van der Waals surface area contributed by atoms with Crippen molar-refractivity contribution in [1.29, 1.82) is 0 Å². The quantitative estimate of drug-likeness (QED) is 0.119. The predicted octanol–water partition coefficient (Wildman–Crippen LogP) is 8.52. The SMILES string of the molecule is O=C(O)C(=O)N(Cc1ccc(-c2ccc(C(=O)NCCc3ccc(Oc4ccccc4)cc3)cc2)cc1)Cc1cccc(Oc2ccccc2)c1. The van der Waals surface area contributed by atoms with Gasteiger partial charge in [0.15, 0.2) is 0 Å². The molecule has 0 saturated carbocycles. The Labute approximate surface area is 296 Å². The summed E-state index contributed by atoms with van der Waals surface area (Å²) < 4.78 is 11.8. The molecule has 0 radical (unpaired) electrons. The molecule has 0 aliphatic carbocycles. The minimum atomic E-state index is -1.52. The Morgan fingerprint density at radius 3 is 1.65 bits per heavy atom. The van der Waals surface area contributed by atoms with E-state index in [1.54, 1.807) is 18.2 Å². The standard InChI is InChI=1S/C43H36N2O6/c46-41(44-27-26-31-16-24-39(25-17-31)50-37-9-3-1-4-10-37)36-22-20-35(21-23-36)34-18-14-32(15-19-34)29-45(42(47)43(48)49)30-33-8-7-13-40(28-33)51-38-11-5-2-6-12-38/h1-25,28H,26-27,29-30H2,(H,44,46)(H,48,49). The molecule has 51 heavy (non-hydrogen) atoms. The Morgan fingerprint density at radius 1 is 0.529 bits per heavy atom. The second-order valence-electron chi connectivity index (χ2n) is 11.9. The largest absolute Gasteiger partial charge is 0.474 e. The van der Waals surface area contributed by atoms with Gasteiger partial charge in [0.05, 0.1) is 0 Å². The summed E-state index contributed by atoms with van der Waals surface area (Å²) >= 11 is 0. The fourth-order valence-corrected chi connectivity index (χ4v) is 5.50. The molecule has 0 fully saturated rings. The lowest BCUT2D eigenvalue weighted by Gasteiger charge is -2.21. The molecule has 2 N–H and O–H groups in total. The fourth-order valence-electron chi connectivity index (χ4n) is 5.50. The number of amides is 2. The molecule has 0 heterocycles. The first-order valence-electron chi connectivity index (χ1n) is 16.5. The van der Waals surface area contributed by atoms with E-state index in [1.807, 2.05) is 140 Å². The highest BCUT2D eigenvalue weighted by molar-refractivity contribution is 6.31. The highest BCUT2D eigenvalue weighted by Crippen LogP contribution is 2.25. The van der Waals surface area contributed by atoms with Gasteiger partial charge in [0.1, 0.15) is 23.0 Å². The molecule has 0 aliphatic rings. The summed E-state index contributed by atoms with van der Waals surface area (Å²) in [5.74, 6) is 0.139. The summed E-state index contributed by atoms with van der Waals surface area (Å²) in [7, 11) is 0. The number of carbonyl (C=O) groups is 3. The molecule has 2 amide bonds. The number of hydrogen-bond acceptors (Lipinski definition) is 5. The summed E-state index contributed by atoms with van der Waals surface area (Å²) in [4.78, 5) is 38.5. The third-order valence-electron chi connectivity index (χ3n) is 8.13. The summed E-state index contributed by atoms with van der Waals surface area (Å²) in [6.45, 7) is 0.702. The summed E-state index contributed by atoms with van der Waals surface area (Å²) in [6, 6.07) is 48.9. The Morgan fingerprint density at radius 2 is 1.04 bits per heavy atom. The summed E-state index contributed by atoms with van der Waals surface area (Å²) in [6.07, 6.45) is 0.687. The highest BCUT2D eigenvalue weighted by Gasteiger charge is 2.22. The molecule has 0 saturated heterocycles. The third-order valence-corrected chi connectivity index (χ3v) is 8.13. The van der Waals surface area contributed by atoms with Gasteiger partial charge in [-0.15, -0.1) is 0 Å². The molecule has 6 aromatic rings. The first-order valence-corrected chi connectivity index (χ1v) is 16.5. The molecule has 6 rings (SSSR count). The number of ether oxygens (including phenoxy) is 2. The molecule has 0 bridgehead atoms. The monoisotopic (exact) mass is 676 g/mol. The average Bonchev–Trinajstić information content (AvgIpc) is 3.16. The van der Waals surface area contributed by atoms with Gasteiger partial charge in [0.25, 0.3) is 5.91 Å². The summed E-state index contributed by atoms with van der Waals surface area (Å²) in [5, 5.41) is 12.5. The number of benzene rings is 6. The maximum atomic E-state index is 12.8. The topological polar surface area (TPSA) is 105 Å². The lowest BCUT2D eigenvalue weighted by Crippen LogP contribution is -2.35. The number of para-hydroxylation sites is 2. The zero-order chi connectivity index (χ0) is 35.4. The number of carboxylic acids is 1. The van der Waals surface area contributed by atoms with E-state index in [0.29, 0.717) is 30.0 Å². The molecule has 0 aliphatic heterocycles. The molecule has 254 valence electrons. The minimum absolute atomic E-state index is 0.0956. The normalized spacial score (nSPS) is 10.6. The van der Waals surface area contributed by atoms with Crippen molar-refractivity contribution in [3.8, 4) is 34.1 Å². The van der Waals surface area contributed by atoms with E-state index in [9.17, 15) is 19.5 Å². The van der Waals surface area contributed by atoms with Crippen molar-refractivity contribution in [2.24, 2.45) is 0 Å². The molecule has 0 spiro atoms. The van der Waals surface area contributed by atoms with Crippen molar-refractivity contribution < 1.29 is 29.0 Å². The van der Waals surface area contributed by atoms with Crippen LogP contribution in [0.3, 0.4) is 0 Å². The average molecular weight is 677 g/mol. The maximum absolute atomic E-state index is 12.8. The number of carbonyl (C=O) groups excluding carboxylic acids is 2. The Balaban J connectivity index is 1.02. The van der Waals surface area contributed by atoms with Gasteiger partial charge in [-0.2, -0.15) is 0 Å². The molecule has 8 nitrogen and oxygen atoms in total. The van der Waals surface area contributed by atoms with Crippen LogP contribution < -0.4 is 14.8 Å². The van der Waals surface area contributed by atoms with Gasteiger partial charge in [-0.3, -0.25) is 9.59 Å². The van der Waals surface area contributed by atoms with Gasteiger partial charge in [-0.05, 0) is 94.9 Å². The van der Waals surface area contributed by atoms with E-state index in [4.69, 9.17) is 9.47 Å². The van der Waals surface area contributed by atoms with E-state index in [2.05, 4.69) is 5.32 Å². The van der Waals surface area contributed by atoms with Crippen molar-refractivity contribution in [3.05, 3.63) is 180 Å². The van der Waals surface area contributed by atoms with Gasteiger partial charge in [-0.1, -0.05) is 97.1 Å². The lowest BCUT2D eigenvalue weighted by atomic mass is 10.0. The third kappa shape index (κ3) is 9.70. The zero-order valence-electron chi connectivity index (χ0n) is 27.8. The van der Waals surface area contributed by atoms with Crippen molar-refractivity contribution in [2.45, 2.75) is 19.5 Å². The number of nitrogens with one attached hydrogen (secondary N) is 1. The van der Waals surface area contributed by atoms with E-state index in [-0.39, 0.29) is 19.0 Å². The van der Waals surface area contributed by atoms with Crippen molar-refractivity contribution >= 4 is 17.8 Å². The highest BCUT2D eigenvalue weighted by atomic mass is 16.5. The number of hydrogen-bond donors (Lipinski definition) is 2. The van der Waals surface area contributed by atoms with Gasteiger partial charge >= 0.3 is 11.9 Å². The molecular weight excluding hydrogens is 640 g/mol. The second kappa shape index (κ2) is 16.6. The molecule has 0 aromatic heterocycles. The van der Waals surface area contributed by atoms with Gasteiger partial charge < -0.3 is 24.8 Å². The number of nitrogens with zero attached hydrogens (tertiary/aromatic N) is 1. The van der Waals surface area contributed by atoms with Crippen LogP contribution in [0, 0.1) is 0 Å². The Hall–Kier alpha value is -6.67. The van der Waals surface area contributed by atoms with Crippen molar-refractivity contribution in [3.63, 3.8) is 0 Å². The maximum Gasteiger partial charge on any atom is 0.394 e. The van der Waals surface area contributed by atoms with Crippen molar-refractivity contribution in [1.82, 2.24) is 10.2 Å². The number of carboxylic acid groups (broad SMARTS) is 1. The van der Waals surface area contributed by atoms with Crippen LogP contribution in [-0.2, 0) is 29.1 Å². The van der Waals surface area contributed by atoms with Crippen LogP contribution in [0.2, 0.25) is 0 Å². The van der Waals surface area contributed by atoms with Gasteiger partial charge in [-0.25, -0.2) is 4.79 Å². The zero-order valence-corrected chi connectivity index (χ0v) is 27.8. The Kier molecular flexibility index (Phi) is 11.2. The van der Waals surface area contributed by atoms with Crippen LogP contribution in [0.15, 0.2) is 158 Å². The lowest BCUT2D eigenvalue weighted by molar-refractivity contribution is -0.156. The van der Waals surface area contributed by atoms with Crippen LogP contribution in [-0.4, -0.2) is 34.3 Å². The predicted molar refractivity (Wildman–Crippen MR) is 196 cm³/mol. The van der Waals surface area contributed by atoms with Crippen LogP contribution in [0.1, 0.15) is 27.0 Å². The minimum Gasteiger partial charge on any atom is -0.474 e. The van der Waals surface area contributed by atoms with Crippen LogP contribution in [0.4, 0.5) is 0 Å².